The van der Waals surface area contributed by atoms with Gasteiger partial charge in [-0.25, -0.2) is 14.8 Å². The van der Waals surface area contributed by atoms with Crippen LogP contribution < -0.4 is 10.5 Å². The van der Waals surface area contributed by atoms with Gasteiger partial charge in [0.1, 0.15) is 12.4 Å². The van der Waals surface area contributed by atoms with E-state index in [9.17, 15) is 14.4 Å². The number of fused-ring (bicyclic) bond motifs is 1. The van der Waals surface area contributed by atoms with Crippen molar-refractivity contribution >= 4 is 34.2 Å². The largest absolute Gasteiger partial charge is 0.461 e. The van der Waals surface area contributed by atoms with Gasteiger partial charge in [0.15, 0.2) is 0 Å². The molecule has 0 spiro atoms. The lowest BCUT2D eigenvalue weighted by atomic mass is 9.96. The summed E-state index contributed by atoms with van der Waals surface area (Å²) in [5.41, 5.74) is 5.75. The maximum Gasteiger partial charge on any atom is 0.338 e. The number of nitrogens with zero attached hydrogens (tertiary/aromatic N) is 5. The Morgan fingerprint density at radius 3 is 2.59 bits per heavy atom. The van der Waals surface area contributed by atoms with Crippen LogP contribution in [0, 0.1) is 13.8 Å². The summed E-state index contributed by atoms with van der Waals surface area (Å²) in [7, 11) is 0. The van der Waals surface area contributed by atoms with Crippen molar-refractivity contribution in [1.29, 1.82) is 0 Å². The molecular weight excluding hydrogens is 558 g/mol. The van der Waals surface area contributed by atoms with Crippen molar-refractivity contribution in [3.8, 4) is 0 Å². The van der Waals surface area contributed by atoms with Gasteiger partial charge in [-0.3, -0.25) is 19.1 Å². The van der Waals surface area contributed by atoms with Crippen LogP contribution in [0.1, 0.15) is 44.6 Å². The number of amides is 1. The highest BCUT2D eigenvalue weighted by molar-refractivity contribution is 6.20. The van der Waals surface area contributed by atoms with E-state index in [4.69, 9.17) is 19.5 Å². The Balaban J connectivity index is 1.26. The van der Waals surface area contributed by atoms with Crippen LogP contribution in [0.3, 0.4) is 0 Å². The number of carbonyl (C=O) groups excluding carboxylic acids is 2. The molecule has 224 valence electrons. The monoisotopic (exact) mass is 591 g/mol. The molecule has 3 aromatic carbocycles. The lowest BCUT2D eigenvalue weighted by molar-refractivity contribution is -0.121. The van der Waals surface area contributed by atoms with Crippen molar-refractivity contribution in [3.05, 3.63) is 105 Å². The van der Waals surface area contributed by atoms with Crippen molar-refractivity contribution in [2.24, 2.45) is 4.99 Å². The zero-order valence-corrected chi connectivity index (χ0v) is 24.8. The molecule has 1 aromatic heterocycles. The molecule has 44 heavy (non-hydrogen) atoms. The fourth-order valence-corrected chi connectivity index (χ4v) is 6.39. The van der Waals surface area contributed by atoms with Crippen molar-refractivity contribution in [2.45, 2.75) is 26.4 Å². The number of carbonyl (C=O) groups is 2. The number of hydrogen-bond acceptors (Lipinski definition) is 8. The highest BCUT2D eigenvalue weighted by atomic mass is 16.5. The molecule has 0 N–H and O–H groups in total. The predicted octanol–water partition coefficient (Wildman–Crippen LogP) is 3.44. The molecule has 10 heteroatoms. The van der Waals surface area contributed by atoms with E-state index in [0.717, 1.165) is 47.5 Å². The summed E-state index contributed by atoms with van der Waals surface area (Å²) >= 11 is 0. The van der Waals surface area contributed by atoms with Gasteiger partial charge in [-0.1, -0.05) is 42.0 Å². The van der Waals surface area contributed by atoms with E-state index in [0.29, 0.717) is 54.3 Å². The summed E-state index contributed by atoms with van der Waals surface area (Å²) < 4.78 is 12.3. The van der Waals surface area contributed by atoms with Gasteiger partial charge in [0.2, 0.25) is 6.17 Å². The van der Waals surface area contributed by atoms with Crippen molar-refractivity contribution in [1.82, 2.24) is 14.5 Å². The Morgan fingerprint density at radius 1 is 1.00 bits per heavy atom. The van der Waals surface area contributed by atoms with Crippen molar-refractivity contribution in [3.63, 3.8) is 0 Å². The van der Waals surface area contributed by atoms with E-state index in [1.165, 1.54) is 4.57 Å². The topological polar surface area (TPSA) is 106 Å². The second-order valence-corrected chi connectivity index (χ2v) is 11.4. The third kappa shape index (κ3) is 4.99. The maximum atomic E-state index is 14.2. The van der Waals surface area contributed by atoms with Crippen LogP contribution >= 0.6 is 0 Å². The Kier molecular flexibility index (Phi) is 7.31. The summed E-state index contributed by atoms with van der Waals surface area (Å²) in [6.07, 6.45) is -0.405. The first-order valence-electron chi connectivity index (χ1n) is 15.0. The molecule has 1 fully saturated rings. The summed E-state index contributed by atoms with van der Waals surface area (Å²) in [4.78, 5) is 54.7. The second kappa shape index (κ2) is 11.4. The maximum absolute atomic E-state index is 14.2. The summed E-state index contributed by atoms with van der Waals surface area (Å²) in [6.45, 7) is 8.13. The molecule has 0 aliphatic carbocycles. The van der Waals surface area contributed by atoms with E-state index in [2.05, 4.69) is 17.0 Å². The molecule has 10 nitrogen and oxygen atoms in total. The van der Waals surface area contributed by atoms with Crippen LogP contribution in [0.15, 0.2) is 70.5 Å². The lowest BCUT2D eigenvalue weighted by Crippen LogP contribution is -2.39. The number of anilines is 1. The predicted molar refractivity (Wildman–Crippen MR) is 167 cm³/mol. The number of morpholine rings is 1. The van der Waals surface area contributed by atoms with Gasteiger partial charge in [-0.05, 0) is 50.1 Å². The molecule has 0 bridgehead atoms. The molecule has 3 aliphatic rings. The average Bonchev–Trinajstić information content (AvgIpc) is 3.41. The van der Waals surface area contributed by atoms with Crippen LogP contribution in [-0.2, 0) is 20.7 Å². The van der Waals surface area contributed by atoms with Crippen molar-refractivity contribution < 1.29 is 19.1 Å². The standard InChI is InChI=1S/C34H33N5O5/c1-21-18-24-10-11-38-30(24)27(19-21)29(23-6-4-3-5-7-23)36-31(33(38)41)39-22(2)35-28-20-25(8-9-26(28)32(39)40)34(42)44-17-14-37-12-15-43-16-13-37/h3-9,18-20,31H,10-17H2,1-2H3. The first-order valence-corrected chi connectivity index (χ1v) is 15.0. The van der Waals surface area contributed by atoms with Crippen molar-refractivity contribution in [2.75, 3.05) is 50.9 Å². The third-order valence-corrected chi connectivity index (χ3v) is 8.55. The van der Waals surface area contributed by atoms with Gasteiger partial charge in [0, 0.05) is 37.3 Å². The zero-order chi connectivity index (χ0) is 30.4. The van der Waals surface area contributed by atoms with E-state index in [-0.39, 0.29) is 12.5 Å². The lowest BCUT2D eigenvalue weighted by Gasteiger charge is -2.26. The van der Waals surface area contributed by atoms with Gasteiger partial charge in [0.25, 0.3) is 11.5 Å². The molecule has 3 aliphatic heterocycles. The minimum Gasteiger partial charge on any atom is -0.461 e. The zero-order valence-electron chi connectivity index (χ0n) is 24.8. The SMILES string of the molecule is Cc1cc2c3c(c1)C(c1ccccc1)=NC(n1c(C)nc4cc(C(=O)OCCN5CCOCC5)ccc4c1=O)C(=O)N3CC2. The van der Waals surface area contributed by atoms with Gasteiger partial charge in [-0.2, -0.15) is 0 Å². The minimum atomic E-state index is -1.14. The number of hydrogen-bond donors (Lipinski definition) is 0. The quantitative estimate of drug-likeness (QED) is 0.316. The summed E-state index contributed by atoms with van der Waals surface area (Å²) in [5.74, 6) is -0.416. The Morgan fingerprint density at radius 2 is 1.80 bits per heavy atom. The Hall–Kier alpha value is -4.67. The smallest absolute Gasteiger partial charge is 0.338 e. The van der Waals surface area contributed by atoms with E-state index in [1.54, 1.807) is 30.0 Å². The van der Waals surface area contributed by atoms with Gasteiger partial charge in [0.05, 0.1) is 41.1 Å². The molecule has 1 saturated heterocycles. The molecule has 4 heterocycles. The average molecular weight is 592 g/mol. The van der Waals surface area contributed by atoms with E-state index >= 15 is 0 Å². The van der Waals surface area contributed by atoms with Crippen LogP contribution in [0.5, 0.6) is 0 Å². The normalized spacial score (nSPS) is 18.2. The summed E-state index contributed by atoms with van der Waals surface area (Å²) in [6, 6.07) is 18.7. The molecule has 1 atom stereocenters. The molecule has 0 saturated carbocycles. The molecule has 0 radical (unpaired) electrons. The fourth-order valence-electron chi connectivity index (χ4n) is 6.39. The van der Waals surface area contributed by atoms with E-state index in [1.807, 2.05) is 37.3 Å². The number of ether oxygens (including phenoxy) is 2. The van der Waals surface area contributed by atoms with Gasteiger partial charge in [-0.15, -0.1) is 0 Å². The number of aryl methyl sites for hydroxylation is 2. The van der Waals surface area contributed by atoms with Crippen LogP contribution in [0.25, 0.3) is 10.9 Å². The second-order valence-electron chi connectivity index (χ2n) is 11.4. The Labute approximate surface area is 254 Å². The number of aromatic nitrogens is 2. The fraction of sp³-hybridized carbons (Fsp3) is 0.324. The first-order chi connectivity index (χ1) is 21.4. The van der Waals surface area contributed by atoms with Crippen LogP contribution in [0.4, 0.5) is 5.69 Å². The highest BCUT2D eigenvalue weighted by Gasteiger charge is 2.38. The summed E-state index contributed by atoms with van der Waals surface area (Å²) in [5, 5.41) is 0.296. The van der Waals surface area contributed by atoms with Crippen LogP contribution in [-0.4, -0.2) is 78.0 Å². The van der Waals surface area contributed by atoms with Crippen LogP contribution in [0.2, 0.25) is 0 Å². The molecule has 4 aromatic rings. The molecule has 7 rings (SSSR count). The van der Waals surface area contributed by atoms with Gasteiger partial charge < -0.3 is 14.4 Å². The third-order valence-electron chi connectivity index (χ3n) is 8.55. The highest BCUT2D eigenvalue weighted by Crippen LogP contribution is 2.39. The number of aliphatic imine (C=N–C) groups is 1. The molecular formula is C34H33N5O5. The number of rotatable bonds is 6. The number of esters is 1. The Bertz CT molecular complexity index is 1880. The minimum absolute atomic E-state index is 0.261. The molecule has 1 unspecified atom stereocenters. The van der Waals surface area contributed by atoms with Gasteiger partial charge >= 0.3 is 5.97 Å². The first kappa shape index (κ1) is 28.1. The number of benzene rings is 3. The van der Waals surface area contributed by atoms with E-state index < -0.39 is 17.7 Å². The molecule has 1 amide bonds.